The van der Waals surface area contributed by atoms with Gasteiger partial charge in [-0.2, -0.15) is 21.0 Å². The van der Waals surface area contributed by atoms with Gasteiger partial charge in [-0.3, -0.25) is 4.55 Å². The molecule has 0 aromatic rings. The largest absolute Gasteiger partial charge is 2.00 e. The maximum Gasteiger partial charge on any atom is 2.00 e. The van der Waals surface area contributed by atoms with Crippen molar-refractivity contribution in [2.24, 2.45) is 0 Å². The molecule has 0 amide bonds. The molecule has 0 aliphatic carbocycles. The average molecular weight is 169 g/mol. The molecule has 0 radical (unpaired) electrons. The number of hydrogen-bond acceptors (Lipinski definition) is 3. The zero-order valence-electron chi connectivity index (χ0n) is 6.24. The first-order chi connectivity index (χ1) is 3.06. The standard InChI is InChI=1S/C2H6O3S2.Mg.2H/c3-7(4,5)2-1-6;;;/h6H,1-2H2,(H,3,4,5);;;/q;+2;2*-1. The second-order valence-corrected chi connectivity index (χ2v) is 3.03. The maximum absolute atomic E-state index is 9.74. The van der Waals surface area contributed by atoms with Gasteiger partial charge < -0.3 is 2.85 Å². The van der Waals surface area contributed by atoms with Gasteiger partial charge in [0.1, 0.15) is 0 Å². The first-order valence-corrected chi connectivity index (χ1v) is 3.86. The smallest absolute Gasteiger partial charge is 1.00 e. The maximum atomic E-state index is 9.74. The van der Waals surface area contributed by atoms with Gasteiger partial charge in [-0.25, -0.2) is 0 Å². The van der Waals surface area contributed by atoms with Gasteiger partial charge in [0.2, 0.25) is 0 Å². The molecule has 8 heavy (non-hydrogen) atoms. The first-order valence-electron chi connectivity index (χ1n) is 1.62. The molecule has 0 saturated carbocycles. The van der Waals surface area contributed by atoms with E-state index in [4.69, 9.17) is 4.55 Å². The van der Waals surface area contributed by atoms with E-state index in [1.165, 1.54) is 0 Å². The van der Waals surface area contributed by atoms with Crippen molar-refractivity contribution in [1.82, 2.24) is 0 Å². The van der Waals surface area contributed by atoms with Crippen LogP contribution in [0.5, 0.6) is 0 Å². The molecule has 0 aliphatic rings. The number of thiol groups is 1. The van der Waals surface area contributed by atoms with Crippen LogP contribution < -0.4 is 0 Å². The molecule has 0 aromatic carbocycles. The minimum atomic E-state index is -3.75. The predicted octanol–water partition coefficient (Wildman–Crippen LogP) is -0.352. The molecule has 1 N–H and O–H groups in total. The van der Waals surface area contributed by atoms with Gasteiger partial charge >= 0.3 is 23.1 Å². The van der Waals surface area contributed by atoms with Gasteiger partial charge in [-0.1, -0.05) is 0 Å². The van der Waals surface area contributed by atoms with Crippen molar-refractivity contribution >= 4 is 45.8 Å². The predicted molar refractivity (Wildman–Crippen MR) is 38.2 cm³/mol. The van der Waals surface area contributed by atoms with Crippen molar-refractivity contribution < 1.29 is 15.8 Å². The van der Waals surface area contributed by atoms with Crippen LogP contribution in [-0.2, 0) is 10.1 Å². The van der Waals surface area contributed by atoms with Gasteiger partial charge in [0.25, 0.3) is 10.1 Å². The SMILES string of the molecule is O=S(=O)(O)CCS.[H-].[H-].[Mg+2]. The Labute approximate surface area is 73.1 Å². The van der Waals surface area contributed by atoms with Crippen LogP contribution >= 0.6 is 12.6 Å². The van der Waals surface area contributed by atoms with E-state index in [1.807, 2.05) is 0 Å². The summed E-state index contributed by atoms with van der Waals surface area (Å²) in [6, 6.07) is 0. The summed E-state index contributed by atoms with van der Waals surface area (Å²) in [6.45, 7) is 0. The van der Waals surface area contributed by atoms with Crippen molar-refractivity contribution in [2.45, 2.75) is 0 Å². The minimum Gasteiger partial charge on any atom is -1.00 e. The Hall–Kier alpha value is 1.03. The van der Waals surface area contributed by atoms with E-state index in [1.54, 1.807) is 0 Å². The Morgan fingerprint density at radius 3 is 2.00 bits per heavy atom. The molecule has 48 valence electrons. The van der Waals surface area contributed by atoms with Gasteiger partial charge in [-0.05, 0) is 0 Å². The zero-order valence-corrected chi connectivity index (χ0v) is 7.37. The molecular formula is C2H8MgO3S2. The number of hydrogen-bond donors (Lipinski definition) is 2. The van der Waals surface area contributed by atoms with E-state index in [2.05, 4.69) is 12.6 Å². The second kappa shape index (κ2) is 4.86. The van der Waals surface area contributed by atoms with Gasteiger partial charge in [0.05, 0.1) is 5.75 Å². The summed E-state index contributed by atoms with van der Waals surface area (Å²) in [5, 5.41) is 0. The number of rotatable bonds is 2. The van der Waals surface area contributed by atoms with E-state index in [-0.39, 0.29) is 37.4 Å². The first kappa shape index (κ1) is 11.8. The monoisotopic (exact) mass is 168 g/mol. The molecule has 0 heterocycles. The van der Waals surface area contributed by atoms with Crippen LogP contribution in [0.2, 0.25) is 0 Å². The van der Waals surface area contributed by atoms with E-state index in [0.717, 1.165) is 0 Å². The van der Waals surface area contributed by atoms with Gasteiger partial charge in [0, 0.05) is 5.75 Å². The third-order valence-electron chi connectivity index (χ3n) is 0.349. The summed E-state index contributed by atoms with van der Waals surface area (Å²) < 4.78 is 27.4. The summed E-state index contributed by atoms with van der Waals surface area (Å²) in [7, 11) is -3.75. The summed E-state index contributed by atoms with van der Waals surface area (Å²) in [5.74, 6) is -0.102. The quantitative estimate of drug-likeness (QED) is 0.337. The topological polar surface area (TPSA) is 54.4 Å². The molecule has 0 aromatic heterocycles. The summed E-state index contributed by atoms with van der Waals surface area (Å²) in [5.41, 5.74) is 0. The molecule has 0 saturated heterocycles. The molecular weight excluding hydrogens is 160 g/mol. The molecule has 6 heteroatoms. The minimum absolute atomic E-state index is 0. The second-order valence-electron chi connectivity index (χ2n) is 1.01. The Balaban J connectivity index is -0.0000000600. The third kappa shape index (κ3) is 10.1. The van der Waals surface area contributed by atoms with Crippen LogP contribution in [0, 0.1) is 0 Å². The summed E-state index contributed by atoms with van der Waals surface area (Å²) in [6.07, 6.45) is 0. The van der Waals surface area contributed by atoms with Crippen molar-refractivity contribution in [1.29, 1.82) is 0 Å². The van der Waals surface area contributed by atoms with Crippen molar-refractivity contribution in [3.63, 3.8) is 0 Å². The van der Waals surface area contributed by atoms with Gasteiger partial charge in [-0.15, -0.1) is 0 Å². The Kier molecular flexibility index (Phi) is 7.16. The van der Waals surface area contributed by atoms with E-state index in [0.29, 0.717) is 0 Å². The van der Waals surface area contributed by atoms with Crippen LogP contribution in [0.3, 0.4) is 0 Å². The van der Waals surface area contributed by atoms with E-state index < -0.39 is 10.1 Å². The van der Waals surface area contributed by atoms with Crippen LogP contribution in [0.1, 0.15) is 2.85 Å². The molecule has 3 nitrogen and oxygen atoms in total. The van der Waals surface area contributed by atoms with Crippen LogP contribution in [0.15, 0.2) is 0 Å². The van der Waals surface area contributed by atoms with Gasteiger partial charge in [0.15, 0.2) is 0 Å². The van der Waals surface area contributed by atoms with E-state index in [9.17, 15) is 8.42 Å². The van der Waals surface area contributed by atoms with Crippen molar-refractivity contribution in [2.75, 3.05) is 11.5 Å². The van der Waals surface area contributed by atoms with Crippen molar-refractivity contribution in [3.05, 3.63) is 0 Å². The average Bonchev–Trinajstić information content (AvgIpc) is 1.30. The molecule has 0 fully saturated rings. The molecule has 0 rings (SSSR count). The summed E-state index contributed by atoms with van der Waals surface area (Å²) in [4.78, 5) is 0. The fourth-order valence-electron chi connectivity index (χ4n) is 0.115. The summed E-state index contributed by atoms with van der Waals surface area (Å²) >= 11 is 3.57. The van der Waals surface area contributed by atoms with E-state index >= 15 is 0 Å². The molecule has 0 atom stereocenters. The Morgan fingerprint density at radius 2 is 2.00 bits per heavy atom. The zero-order chi connectivity index (χ0) is 5.91. The van der Waals surface area contributed by atoms with Crippen LogP contribution in [0.25, 0.3) is 0 Å². The third-order valence-corrected chi connectivity index (χ3v) is 1.60. The fourth-order valence-corrected chi connectivity index (χ4v) is 1.04. The molecule has 0 unspecified atom stereocenters. The molecule has 0 spiro atoms. The Morgan fingerprint density at radius 1 is 1.62 bits per heavy atom. The van der Waals surface area contributed by atoms with Crippen molar-refractivity contribution in [3.8, 4) is 0 Å². The van der Waals surface area contributed by atoms with Crippen LogP contribution in [0.4, 0.5) is 0 Å². The Bertz CT molecular complexity index is 135. The molecule has 0 bridgehead atoms. The fraction of sp³-hybridized carbons (Fsp3) is 1.00. The normalized spacial score (nSPS) is 10.2. The van der Waals surface area contributed by atoms with Crippen LogP contribution in [-0.4, -0.2) is 47.5 Å². The molecule has 0 aliphatic heterocycles.